The second-order valence-corrected chi connectivity index (χ2v) is 7.01. The van der Waals surface area contributed by atoms with Gasteiger partial charge >= 0.3 is 6.03 Å². The third kappa shape index (κ3) is 4.32. The maximum Gasteiger partial charge on any atom is 0.322 e. The van der Waals surface area contributed by atoms with Crippen LogP contribution >= 0.6 is 0 Å². The zero-order chi connectivity index (χ0) is 20.2. The predicted molar refractivity (Wildman–Crippen MR) is 112 cm³/mol. The van der Waals surface area contributed by atoms with Gasteiger partial charge in [0.05, 0.1) is 19.0 Å². The predicted octanol–water partition coefficient (Wildman–Crippen LogP) is 4.78. The van der Waals surface area contributed by atoms with Crippen molar-refractivity contribution in [1.29, 1.82) is 0 Å². The lowest BCUT2D eigenvalue weighted by Crippen LogP contribution is -2.38. The molecule has 2 heterocycles. The van der Waals surface area contributed by atoms with Crippen LogP contribution in [0.1, 0.15) is 16.7 Å². The van der Waals surface area contributed by atoms with Gasteiger partial charge in [0, 0.05) is 19.2 Å². The van der Waals surface area contributed by atoms with Crippen LogP contribution in [0.15, 0.2) is 60.8 Å². The molecular formula is C23H23N3O3. The van der Waals surface area contributed by atoms with Crippen LogP contribution in [-0.2, 0) is 13.0 Å². The number of rotatable bonds is 4. The molecule has 0 bridgehead atoms. The molecule has 6 nitrogen and oxygen atoms in total. The molecule has 0 saturated heterocycles. The number of aryl methyl sites for hydroxylation is 1. The Morgan fingerprint density at radius 1 is 1.07 bits per heavy atom. The Balaban J connectivity index is 1.39. The highest BCUT2D eigenvalue weighted by Gasteiger charge is 2.20. The minimum Gasteiger partial charge on any atom is -0.493 e. The molecule has 0 saturated carbocycles. The standard InChI is InChI=1S/C23H23N3O3/c1-16-7-9-20(21(13-16)28-2)29-22-10-8-19(14-24-22)25-23(27)26-12-11-17-5-3-4-6-18(17)15-26/h3-10,13-14H,11-12,15H2,1-2H3,(H,25,27). The van der Waals surface area contributed by atoms with Crippen molar-refractivity contribution in [2.24, 2.45) is 0 Å². The van der Waals surface area contributed by atoms with Crippen molar-refractivity contribution in [3.63, 3.8) is 0 Å². The van der Waals surface area contributed by atoms with E-state index in [0.29, 0.717) is 36.2 Å². The number of amides is 2. The van der Waals surface area contributed by atoms with Gasteiger partial charge in [-0.05, 0) is 48.2 Å². The average Bonchev–Trinajstić information content (AvgIpc) is 2.76. The van der Waals surface area contributed by atoms with E-state index in [1.54, 1.807) is 25.4 Å². The number of nitrogens with zero attached hydrogens (tertiary/aromatic N) is 2. The first kappa shape index (κ1) is 18.8. The Morgan fingerprint density at radius 3 is 2.66 bits per heavy atom. The Kier molecular flexibility index (Phi) is 5.33. The van der Waals surface area contributed by atoms with Crippen LogP contribution in [0.25, 0.3) is 0 Å². The molecule has 6 heteroatoms. The van der Waals surface area contributed by atoms with E-state index >= 15 is 0 Å². The van der Waals surface area contributed by atoms with E-state index in [0.717, 1.165) is 12.0 Å². The number of hydrogen-bond donors (Lipinski definition) is 1. The SMILES string of the molecule is COc1cc(C)ccc1Oc1ccc(NC(=O)N2CCc3ccccc3C2)cn1. The summed E-state index contributed by atoms with van der Waals surface area (Å²) in [6.45, 7) is 3.30. The van der Waals surface area contributed by atoms with Crippen LogP contribution in [0.5, 0.6) is 17.4 Å². The fourth-order valence-corrected chi connectivity index (χ4v) is 3.36. The van der Waals surface area contributed by atoms with Gasteiger partial charge < -0.3 is 19.7 Å². The van der Waals surface area contributed by atoms with Gasteiger partial charge in [0.1, 0.15) is 0 Å². The van der Waals surface area contributed by atoms with Gasteiger partial charge in [-0.1, -0.05) is 30.3 Å². The summed E-state index contributed by atoms with van der Waals surface area (Å²) >= 11 is 0. The number of aromatic nitrogens is 1. The topological polar surface area (TPSA) is 63.7 Å². The first-order valence-electron chi connectivity index (χ1n) is 9.53. The lowest BCUT2D eigenvalue weighted by atomic mass is 10.0. The number of fused-ring (bicyclic) bond motifs is 1. The molecule has 1 aromatic heterocycles. The van der Waals surface area contributed by atoms with Crippen LogP contribution in [0, 0.1) is 6.92 Å². The average molecular weight is 389 g/mol. The van der Waals surface area contributed by atoms with Crippen LogP contribution in [0.3, 0.4) is 0 Å². The molecule has 0 fully saturated rings. The molecule has 2 aromatic carbocycles. The largest absolute Gasteiger partial charge is 0.493 e. The number of ether oxygens (including phenoxy) is 2. The number of nitrogens with one attached hydrogen (secondary N) is 1. The summed E-state index contributed by atoms with van der Waals surface area (Å²) in [7, 11) is 1.60. The van der Waals surface area contributed by atoms with E-state index < -0.39 is 0 Å². The van der Waals surface area contributed by atoms with Gasteiger partial charge in [-0.25, -0.2) is 9.78 Å². The normalized spacial score (nSPS) is 12.8. The molecule has 0 radical (unpaired) electrons. The lowest BCUT2D eigenvalue weighted by molar-refractivity contribution is 0.206. The van der Waals surface area contributed by atoms with Crippen LogP contribution in [-0.4, -0.2) is 29.6 Å². The van der Waals surface area contributed by atoms with E-state index in [9.17, 15) is 4.79 Å². The number of hydrogen-bond acceptors (Lipinski definition) is 4. The number of anilines is 1. The molecular weight excluding hydrogens is 366 g/mol. The molecule has 0 atom stereocenters. The van der Waals surface area contributed by atoms with Crippen molar-refractivity contribution < 1.29 is 14.3 Å². The number of methoxy groups -OCH3 is 1. The van der Waals surface area contributed by atoms with Crippen molar-refractivity contribution in [1.82, 2.24) is 9.88 Å². The lowest BCUT2D eigenvalue weighted by Gasteiger charge is -2.28. The van der Waals surface area contributed by atoms with E-state index in [1.165, 1.54) is 11.1 Å². The smallest absolute Gasteiger partial charge is 0.322 e. The summed E-state index contributed by atoms with van der Waals surface area (Å²) < 4.78 is 11.2. The summed E-state index contributed by atoms with van der Waals surface area (Å²) in [6.07, 6.45) is 2.46. The minimum atomic E-state index is -0.129. The van der Waals surface area contributed by atoms with Gasteiger partial charge in [0.15, 0.2) is 11.5 Å². The first-order valence-corrected chi connectivity index (χ1v) is 9.53. The molecule has 29 heavy (non-hydrogen) atoms. The van der Waals surface area contributed by atoms with Crippen molar-refractivity contribution in [3.05, 3.63) is 77.5 Å². The van der Waals surface area contributed by atoms with E-state index in [-0.39, 0.29) is 6.03 Å². The molecule has 1 N–H and O–H groups in total. The zero-order valence-electron chi connectivity index (χ0n) is 16.5. The fraction of sp³-hybridized carbons (Fsp3) is 0.217. The van der Waals surface area contributed by atoms with Crippen molar-refractivity contribution in [2.75, 3.05) is 19.0 Å². The van der Waals surface area contributed by atoms with Gasteiger partial charge in [-0.15, -0.1) is 0 Å². The van der Waals surface area contributed by atoms with E-state index in [4.69, 9.17) is 9.47 Å². The molecule has 2 amide bonds. The van der Waals surface area contributed by atoms with E-state index in [2.05, 4.69) is 22.4 Å². The molecule has 148 valence electrons. The minimum absolute atomic E-state index is 0.129. The summed E-state index contributed by atoms with van der Waals surface area (Å²) in [4.78, 5) is 18.7. The number of pyridine rings is 1. The maximum absolute atomic E-state index is 12.6. The molecule has 1 aliphatic rings. The number of urea groups is 1. The summed E-state index contributed by atoms with van der Waals surface area (Å²) in [5, 5.41) is 2.91. The highest BCUT2D eigenvalue weighted by molar-refractivity contribution is 5.89. The van der Waals surface area contributed by atoms with Gasteiger partial charge in [-0.3, -0.25) is 0 Å². The second-order valence-electron chi connectivity index (χ2n) is 7.01. The molecule has 0 spiro atoms. The van der Waals surface area contributed by atoms with Crippen molar-refractivity contribution >= 4 is 11.7 Å². The molecule has 3 aromatic rings. The molecule has 0 aliphatic carbocycles. The van der Waals surface area contributed by atoms with Gasteiger partial charge in [0.25, 0.3) is 0 Å². The fourth-order valence-electron chi connectivity index (χ4n) is 3.36. The second kappa shape index (κ2) is 8.22. The number of carbonyl (C=O) groups excluding carboxylic acids is 1. The third-order valence-electron chi connectivity index (χ3n) is 4.94. The zero-order valence-corrected chi connectivity index (χ0v) is 16.5. The Bertz CT molecular complexity index is 1020. The van der Waals surface area contributed by atoms with Crippen LogP contribution in [0.2, 0.25) is 0 Å². The molecule has 0 unspecified atom stereocenters. The Morgan fingerprint density at radius 2 is 1.90 bits per heavy atom. The van der Waals surface area contributed by atoms with Crippen LogP contribution < -0.4 is 14.8 Å². The van der Waals surface area contributed by atoms with Crippen molar-refractivity contribution in [3.8, 4) is 17.4 Å². The van der Waals surface area contributed by atoms with E-state index in [1.807, 2.05) is 42.2 Å². The quantitative estimate of drug-likeness (QED) is 0.697. The molecule has 4 rings (SSSR count). The summed E-state index contributed by atoms with van der Waals surface area (Å²) in [6, 6.07) is 17.3. The Labute approximate surface area is 170 Å². The van der Waals surface area contributed by atoms with Gasteiger partial charge in [-0.2, -0.15) is 0 Å². The Hall–Kier alpha value is -3.54. The monoisotopic (exact) mass is 389 g/mol. The maximum atomic E-state index is 12.6. The first-order chi connectivity index (χ1) is 14.1. The molecule has 1 aliphatic heterocycles. The highest BCUT2D eigenvalue weighted by Crippen LogP contribution is 2.31. The van der Waals surface area contributed by atoms with Gasteiger partial charge in [0.2, 0.25) is 5.88 Å². The van der Waals surface area contributed by atoms with Crippen LogP contribution in [0.4, 0.5) is 10.5 Å². The highest BCUT2D eigenvalue weighted by atomic mass is 16.5. The number of benzene rings is 2. The summed E-state index contributed by atoms with van der Waals surface area (Å²) in [5.41, 5.74) is 4.21. The number of carbonyl (C=O) groups is 1. The summed E-state index contributed by atoms with van der Waals surface area (Å²) in [5.74, 6) is 1.67. The third-order valence-corrected chi connectivity index (χ3v) is 4.94. The van der Waals surface area contributed by atoms with Crippen molar-refractivity contribution in [2.45, 2.75) is 19.9 Å².